The molecule has 0 aliphatic carbocycles. The van der Waals surface area contributed by atoms with Crippen LogP contribution in [0, 0.1) is 6.92 Å². The van der Waals surface area contributed by atoms with Crippen LogP contribution in [0.3, 0.4) is 0 Å². The highest BCUT2D eigenvalue weighted by molar-refractivity contribution is 6.11. The smallest absolute Gasteiger partial charge is 0.341 e. The first-order valence-corrected chi connectivity index (χ1v) is 7.68. The number of aromatic carboxylic acids is 1. The van der Waals surface area contributed by atoms with E-state index in [2.05, 4.69) is 10.5 Å². The number of carbonyl (C=O) groups is 3. The second kappa shape index (κ2) is 7.02. The third-order valence-electron chi connectivity index (χ3n) is 3.73. The van der Waals surface area contributed by atoms with Gasteiger partial charge in [-0.05, 0) is 31.2 Å². The van der Waals surface area contributed by atoms with Crippen molar-refractivity contribution in [3.63, 3.8) is 0 Å². The standard InChI is InChI=1S/C19H14N2O5/c1-11-15(19(24)25)16(21-26-11)18(23)20-14-9-7-13(8-10-14)17(22)12-5-3-2-4-6-12/h2-10H,1H3,(H,20,23)(H,24,25). The van der Waals surface area contributed by atoms with Crippen molar-refractivity contribution < 1.29 is 24.0 Å². The lowest BCUT2D eigenvalue weighted by Crippen LogP contribution is -2.16. The maximum Gasteiger partial charge on any atom is 0.341 e. The quantitative estimate of drug-likeness (QED) is 0.684. The maximum absolute atomic E-state index is 12.3. The van der Waals surface area contributed by atoms with Crippen LogP contribution in [0.2, 0.25) is 0 Å². The summed E-state index contributed by atoms with van der Waals surface area (Å²) in [4.78, 5) is 35.8. The fourth-order valence-corrected chi connectivity index (χ4v) is 2.43. The number of nitrogens with zero attached hydrogens (tertiary/aromatic N) is 1. The van der Waals surface area contributed by atoms with Gasteiger partial charge in [0.1, 0.15) is 11.3 Å². The van der Waals surface area contributed by atoms with E-state index in [0.717, 1.165) is 0 Å². The molecule has 130 valence electrons. The van der Waals surface area contributed by atoms with Crippen molar-refractivity contribution in [2.45, 2.75) is 6.92 Å². The molecular weight excluding hydrogens is 336 g/mol. The molecule has 0 aliphatic rings. The minimum absolute atomic E-state index is 0.0476. The Labute approximate surface area is 148 Å². The molecule has 0 atom stereocenters. The van der Waals surface area contributed by atoms with Gasteiger partial charge in [0.2, 0.25) is 0 Å². The first-order valence-electron chi connectivity index (χ1n) is 7.68. The summed E-state index contributed by atoms with van der Waals surface area (Å²) < 4.78 is 4.78. The number of anilines is 1. The van der Waals surface area contributed by atoms with Crippen LogP contribution >= 0.6 is 0 Å². The van der Waals surface area contributed by atoms with Crippen molar-refractivity contribution in [1.29, 1.82) is 0 Å². The van der Waals surface area contributed by atoms with Gasteiger partial charge in [0.25, 0.3) is 5.91 Å². The van der Waals surface area contributed by atoms with E-state index in [1.165, 1.54) is 6.92 Å². The highest BCUT2D eigenvalue weighted by Gasteiger charge is 2.25. The summed E-state index contributed by atoms with van der Waals surface area (Å²) in [5.41, 5.74) is 0.848. The Kier molecular flexibility index (Phi) is 4.62. The molecule has 2 N–H and O–H groups in total. The third kappa shape index (κ3) is 3.36. The van der Waals surface area contributed by atoms with Gasteiger partial charge >= 0.3 is 5.97 Å². The molecule has 7 nitrogen and oxygen atoms in total. The van der Waals surface area contributed by atoms with Crippen molar-refractivity contribution in [1.82, 2.24) is 5.16 Å². The van der Waals surface area contributed by atoms with E-state index >= 15 is 0 Å². The molecular formula is C19H14N2O5. The predicted octanol–water partition coefficient (Wildman–Crippen LogP) is 3.16. The normalized spacial score (nSPS) is 10.3. The van der Waals surface area contributed by atoms with Gasteiger partial charge in [0.15, 0.2) is 11.5 Å². The molecule has 0 bridgehead atoms. The first kappa shape index (κ1) is 17.1. The molecule has 0 unspecified atom stereocenters. The molecule has 0 saturated carbocycles. The SMILES string of the molecule is Cc1onc(C(=O)Nc2ccc(C(=O)c3ccccc3)cc2)c1C(=O)O. The number of carbonyl (C=O) groups excluding carboxylic acids is 2. The zero-order valence-corrected chi connectivity index (χ0v) is 13.7. The molecule has 1 heterocycles. The summed E-state index contributed by atoms with van der Waals surface area (Å²) >= 11 is 0. The number of aromatic nitrogens is 1. The van der Waals surface area contributed by atoms with E-state index in [1.807, 2.05) is 6.07 Å². The Balaban J connectivity index is 1.77. The Hall–Kier alpha value is -3.74. The van der Waals surface area contributed by atoms with Crippen LogP contribution in [0.25, 0.3) is 0 Å². The largest absolute Gasteiger partial charge is 0.477 e. The molecule has 0 fully saturated rings. The highest BCUT2D eigenvalue weighted by Crippen LogP contribution is 2.17. The predicted molar refractivity (Wildman–Crippen MR) is 92.5 cm³/mol. The van der Waals surface area contributed by atoms with Gasteiger partial charge in [-0.2, -0.15) is 0 Å². The number of hydrogen-bond acceptors (Lipinski definition) is 5. The highest BCUT2D eigenvalue weighted by atomic mass is 16.5. The fraction of sp³-hybridized carbons (Fsp3) is 0.0526. The van der Waals surface area contributed by atoms with Gasteiger partial charge < -0.3 is 14.9 Å². The van der Waals surface area contributed by atoms with E-state index < -0.39 is 11.9 Å². The molecule has 1 aromatic heterocycles. The lowest BCUT2D eigenvalue weighted by Gasteiger charge is -2.05. The molecule has 2 aromatic carbocycles. The van der Waals surface area contributed by atoms with Gasteiger partial charge in [-0.3, -0.25) is 9.59 Å². The average Bonchev–Trinajstić information content (AvgIpc) is 3.04. The third-order valence-corrected chi connectivity index (χ3v) is 3.73. The van der Waals surface area contributed by atoms with E-state index in [4.69, 9.17) is 9.63 Å². The van der Waals surface area contributed by atoms with Gasteiger partial charge in [-0.25, -0.2) is 4.79 Å². The van der Waals surface area contributed by atoms with Crippen LogP contribution in [0.15, 0.2) is 59.1 Å². The molecule has 0 aliphatic heterocycles. The minimum Gasteiger partial charge on any atom is -0.477 e. The van der Waals surface area contributed by atoms with Crippen LogP contribution in [-0.2, 0) is 0 Å². The number of rotatable bonds is 5. The summed E-state index contributed by atoms with van der Waals surface area (Å²) in [7, 11) is 0. The number of carboxylic acid groups (broad SMARTS) is 1. The molecule has 0 saturated heterocycles. The zero-order valence-electron chi connectivity index (χ0n) is 13.7. The van der Waals surface area contributed by atoms with E-state index in [-0.39, 0.29) is 22.8 Å². The topological polar surface area (TPSA) is 110 Å². The van der Waals surface area contributed by atoms with Crippen LogP contribution in [0.5, 0.6) is 0 Å². The number of benzene rings is 2. The Morgan fingerprint density at radius 1 is 0.962 bits per heavy atom. The number of nitrogens with one attached hydrogen (secondary N) is 1. The summed E-state index contributed by atoms with van der Waals surface area (Å²) in [5, 5.41) is 15.2. The maximum atomic E-state index is 12.3. The van der Waals surface area contributed by atoms with Crippen molar-refractivity contribution in [3.8, 4) is 0 Å². The second-order valence-corrected chi connectivity index (χ2v) is 5.49. The van der Waals surface area contributed by atoms with Crippen molar-refractivity contribution >= 4 is 23.3 Å². The average molecular weight is 350 g/mol. The summed E-state index contributed by atoms with van der Waals surface area (Å²) in [5.74, 6) is -2.09. The van der Waals surface area contributed by atoms with Crippen LogP contribution in [0.1, 0.15) is 42.5 Å². The van der Waals surface area contributed by atoms with Crippen molar-refractivity contribution in [2.75, 3.05) is 5.32 Å². The Morgan fingerprint density at radius 3 is 2.19 bits per heavy atom. The molecule has 0 spiro atoms. The van der Waals surface area contributed by atoms with Crippen LogP contribution in [0.4, 0.5) is 5.69 Å². The second-order valence-electron chi connectivity index (χ2n) is 5.49. The summed E-state index contributed by atoms with van der Waals surface area (Å²) in [6.45, 7) is 1.41. The summed E-state index contributed by atoms with van der Waals surface area (Å²) in [6, 6.07) is 15.1. The number of hydrogen-bond donors (Lipinski definition) is 2. The summed E-state index contributed by atoms with van der Waals surface area (Å²) in [6.07, 6.45) is 0. The van der Waals surface area contributed by atoms with Crippen molar-refractivity contribution in [3.05, 3.63) is 82.7 Å². The number of carboxylic acids is 1. The monoisotopic (exact) mass is 350 g/mol. The molecule has 3 aromatic rings. The van der Waals surface area contributed by atoms with Crippen LogP contribution < -0.4 is 5.32 Å². The number of ketones is 1. The Morgan fingerprint density at radius 2 is 1.58 bits per heavy atom. The molecule has 3 rings (SSSR count). The van der Waals surface area contributed by atoms with Crippen molar-refractivity contribution in [2.24, 2.45) is 0 Å². The molecule has 1 amide bonds. The number of amides is 1. The minimum atomic E-state index is -1.29. The van der Waals surface area contributed by atoms with Gasteiger partial charge in [0.05, 0.1) is 0 Å². The molecule has 0 radical (unpaired) electrons. The lowest BCUT2D eigenvalue weighted by molar-refractivity contribution is 0.0691. The molecule has 26 heavy (non-hydrogen) atoms. The van der Waals surface area contributed by atoms with Gasteiger partial charge in [-0.1, -0.05) is 35.5 Å². The first-order chi connectivity index (χ1) is 12.5. The Bertz CT molecular complexity index is 975. The fourth-order valence-electron chi connectivity index (χ4n) is 2.43. The van der Waals surface area contributed by atoms with E-state index in [1.54, 1.807) is 48.5 Å². The van der Waals surface area contributed by atoms with Gasteiger partial charge in [-0.15, -0.1) is 0 Å². The molecule has 7 heteroatoms. The van der Waals surface area contributed by atoms with Gasteiger partial charge in [0, 0.05) is 16.8 Å². The van der Waals surface area contributed by atoms with E-state index in [9.17, 15) is 14.4 Å². The van der Waals surface area contributed by atoms with Crippen LogP contribution in [-0.4, -0.2) is 27.9 Å². The number of aryl methyl sites for hydroxylation is 1. The van der Waals surface area contributed by atoms with E-state index in [0.29, 0.717) is 16.8 Å². The lowest BCUT2D eigenvalue weighted by atomic mass is 10.0. The zero-order chi connectivity index (χ0) is 18.7.